The lowest BCUT2D eigenvalue weighted by atomic mass is 9.97. The zero-order chi connectivity index (χ0) is 18.1. The van der Waals surface area contributed by atoms with Gasteiger partial charge in [0.25, 0.3) is 5.56 Å². The van der Waals surface area contributed by atoms with Crippen LogP contribution in [0.15, 0.2) is 71.7 Å². The molecule has 26 heavy (non-hydrogen) atoms. The number of aromatic amines is 1. The number of benzene rings is 2. The summed E-state index contributed by atoms with van der Waals surface area (Å²) < 4.78 is 0. The van der Waals surface area contributed by atoms with Crippen molar-refractivity contribution in [2.45, 2.75) is 0 Å². The van der Waals surface area contributed by atoms with Gasteiger partial charge in [0, 0.05) is 35.1 Å². The van der Waals surface area contributed by atoms with Gasteiger partial charge < -0.3 is 10.3 Å². The Hall–Kier alpha value is -3.11. The highest BCUT2D eigenvalue weighted by atomic mass is 35.5. The Morgan fingerprint density at radius 3 is 2.35 bits per heavy atom. The highest BCUT2D eigenvalue weighted by molar-refractivity contribution is 6.30. The Bertz CT molecular complexity index is 1130. The molecule has 0 saturated carbocycles. The first-order valence-corrected chi connectivity index (χ1v) is 8.60. The molecule has 4 aromatic rings. The Labute approximate surface area is 155 Å². The largest absolute Gasteiger partial charge is 0.388 e. The molecule has 5 heteroatoms. The summed E-state index contributed by atoms with van der Waals surface area (Å²) in [5, 5.41) is 4.34. The summed E-state index contributed by atoms with van der Waals surface area (Å²) in [4.78, 5) is 19.7. The molecule has 0 atom stereocenters. The zero-order valence-corrected chi connectivity index (χ0v) is 14.8. The number of rotatable bonds is 3. The maximum atomic E-state index is 12.2. The SMILES string of the molecule is CNc1ccc(-c2nc3cc[nH]c(=O)c3cc2-c2ccc(Cl)cc2)cc1. The van der Waals surface area contributed by atoms with Crippen LogP contribution in [0.4, 0.5) is 5.69 Å². The van der Waals surface area contributed by atoms with Gasteiger partial charge in [0.1, 0.15) is 0 Å². The molecule has 0 amide bonds. The number of nitrogens with zero attached hydrogens (tertiary/aromatic N) is 1. The normalized spacial score (nSPS) is 10.8. The molecule has 0 fully saturated rings. The maximum Gasteiger partial charge on any atom is 0.257 e. The van der Waals surface area contributed by atoms with Gasteiger partial charge in [0.15, 0.2) is 0 Å². The number of hydrogen-bond donors (Lipinski definition) is 2. The number of aromatic nitrogens is 2. The number of fused-ring (bicyclic) bond motifs is 1. The molecule has 4 nitrogen and oxygen atoms in total. The van der Waals surface area contributed by atoms with E-state index in [0.717, 1.165) is 28.1 Å². The minimum Gasteiger partial charge on any atom is -0.388 e. The Kier molecular flexibility index (Phi) is 4.19. The van der Waals surface area contributed by atoms with Crippen LogP contribution in [-0.2, 0) is 0 Å². The van der Waals surface area contributed by atoms with Gasteiger partial charge >= 0.3 is 0 Å². The molecule has 2 heterocycles. The molecule has 0 aliphatic rings. The van der Waals surface area contributed by atoms with E-state index in [-0.39, 0.29) is 5.56 Å². The molecule has 4 rings (SSSR count). The fourth-order valence-corrected chi connectivity index (χ4v) is 3.10. The third kappa shape index (κ3) is 2.95. The van der Waals surface area contributed by atoms with Crippen LogP contribution in [0.1, 0.15) is 0 Å². The first kappa shape index (κ1) is 16.4. The van der Waals surface area contributed by atoms with E-state index in [1.807, 2.05) is 67.7 Å². The predicted molar refractivity (Wildman–Crippen MR) is 108 cm³/mol. The quantitative estimate of drug-likeness (QED) is 0.542. The average Bonchev–Trinajstić information content (AvgIpc) is 2.68. The molecule has 0 saturated heterocycles. The number of nitrogens with one attached hydrogen (secondary N) is 2. The number of H-pyrrole nitrogens is 1. The van der Waals surface area contributed by atoms with Crippen molar-refractivity contribution in [3.8, 4) is 22.4 Å². The van der Waals surface area contributed by atoms with Crippen molar-refractivity contribution in [2.75, 3.05) is 12.4 Å². The average molecular weight is 362 g/mol. The van der Waals surface area contributed by atoms with Gasteiger partial charge in [-0.25, -0.2) is 4.98 Å². The van der Waals surface area contributed by atoms with Crippen LogP contribution < -0.4 is 10.9 Å². The Morgan fingerprint density at radius 2 is 1.65 bits per heavy atom. The lowest BCUT2D eigenvalue weighted by Crippen LogP contribution is -2.06. The molecular formula is C21H16ClN3O. The number of halogens is 1. The number of hydrogen-bond acceptors (Lipinski definition) is 3. The number of anilines is 1. The van der Waals surface area contributed by atoms with Crippen molar-refractivity contribution in [1.82, 2.24) is 9.97 Å². The fourth-order valence-electron chi connectivity index (χ4n) is 2.97. The van der Waals surface area contributed by atoms with Gasteiger partial charge in [-0.1, -0.05) is 35.9 Å². The third-order valence-electron chi connectivity index (χ3n) is 4.35. The molecule has 2 N–H and O–H groups in total. The second-order valence-corrected chi connectivity index (χ2v) is 6.39. The summed E-state index contributed by atoms with van der Waals surface area (Å²) in [5.74, 6) is 0. The highest BCUT2D eigenvalue weighted by Crippen LogP contribution is 2.33. The zero-order valence-electron chi connectivity index (χ0n) is 14.1. The van der Waals surface area contributed by atoms with Crippen LogP contribution in [0.3, 0.4) is 0 Å². The summed E-state index contributed by atoms with van der Waals surface area (Å²) in [6, 6.07) is 19.3. The summed E-state index contributed by atoms with van der Waals surface area (Å²) in [6.07, 6.45) is 1.62. The lowest BCUT2D eigenvalue weighted by molar-refractivity contribution is 1.26. The smallest absolute Gasteiger partial charge is 0.257 e. The third-order valence-corrected chi connectivity index (χ3v) is 4.61. The van der Waals surface area contributed by atoms with Crippen LogP contribution in [0.25, 0.3) is 33.3 Å². The predicted octanol–water partition coefficient (Wildman–Crippen LogP) is 4.95. The van der Waals surface area contributed by atoms with Crippen molar-refractivity contribution in [3.05, 3.63) is 82.2 Å². The van der Waals surface area contributed by atoms with Crippen LogP contribution in [-0.4, -0.2) is 17.0 Å². The summed E-state index contributed by atoms with van der Waals surface area (Å²) in [5.41, 5.74) is 5.20. The molecule has 0 aliphatic carbocycles. The van der Waals surface area contributed by atoms with Gasteiger partial charge in [-0.2, -0.15) is 0 Å². The molecule has 2 aromatic heterocycles. The molecule has 0 radical (unpaired) electrons. The monoisotopic (exact) mass is 361 g/mol. The van der Waals surface area contributed by atoms with Gasteiger partial charge in [-0.3, -0.25) is 4.79 Å². The highest BCUT2D eigenvalue weighted by Gasteiger charge is 2.13. The van der Waals surface area contributed by atoms with E-state index in [2.05, 4.69) is 10.3 Å². The first-order valence-electron chi connectivity index (χ1n) is 8.22. The minimum absolute atomic E-state index is 0.151. The van der Waals surface area contributed by atoms with Crippen LogP contribution in [0.5, 0.6) is 0 Å². The van der Waals surface area contributed by atoms with E-state index < -0.39 is 0 Å². The van der Waals surface area contributed by atoms with Crippen molar-refractivity contribution < 1.29 is 0 Å². The van der Waals surface area contributed by atoms with E-state index in [1.165, 1.54) is 0 Å². The molecule has 0 bridgehead atoms. The van der Waals surface area contributed by atoms with Crippen LogP contribution in [0.2, 0.25) is 5.02 Å². The van der Waals surface area contributed by atoms with E-state index in [9.17, 15) is 4.79 Å². The Morgan fingerprint density at radius 1 is 0.962 bits per heavy atom. The van der Waals surface area contributed by atoms with Gasteiger partial charge in [0.05, 0.1) is 16.6 Å². The number of pyridine rings is 2. The Balaban J connectivity index is 2.00. The lowest BCUT2D eigenvalue weighted by Gasteiger charge is -2.12. The van der Waals surface area contributed by atoms with E-state index in [0.29, 0.717) is 15.9 Å². The van der Waals surface area contributed by atoms with Gasteiger partial charge in [-0.15, -0.1) is 0 Å². The summed E-state index contributed by atoms with van der Waals surface area (Å²) in [7, 11) is 1.88. The summed E-state index contributed by atoms with van der Waals surface area (Å²) >= 11 is 6.03. The first-order chi connectivity index (χ1) is 12.7. The van der Waals surface area contributed by atoms with Crippen LogP contribution >= 0.6 is 11.6 Å². The summed E-state index contributed by atoms with van der Waals surface area (Å²) in [6.45, 7) is 0. The molecule has 0 spiro atoms. The molecule has 2 aromatic carbocycles. The second-order valence-electron chi connectivity index (χ2n) is 5.96. The molecule has 0 unspecified atom stereocenters. The van der Waals surface area contributed by atoms with E-state index in [1.54, 1.807) is 6.20 Å². The van der Waals surface area contributed by atoms with Crippen molar-refractivity contribution in [3.63, 3.8) is 0 Å². The van der Waals surface area contributed by atoms with Crippen molar-refractivity contribution in [2.24, 2.45) is 0 Å². The maximum absolute atomic E-state index is 12.2. The molecule has 128 valence electrons. The van der Waals surface area contributed by atoms with E-state index in [4.69, 9.17) is 16.6 Å². The minimum atomic E-state index is -0.151. The van der Waals surface area contributed by atoms with Gasteiger partial charge in [-0.05, 0) is 42.0 Å². The topological polar surface area (TPSA) is 57.8 Å². The molecule has 0 aliphatic heterocycles. The molecular weight excluding hydrogens is 346 g/mol. The van der Waals surface area contributed by atoms with Crippen LogP contribution in [0, 0.1) is 0 Å². The van der Waals surface area contributed by atoms with E-state index >= 15 is 0 Å². The van der Waals surface area contributed by atoms with Crippen molar-refractivity contribution >= 4 is 28.2 Å². The van der Waals surface area contributed by atoms with Crippen molar-refractivity contribution in [1.29, 1.82) is 0 Å². The standard InChI is InChI=1S/C21H16ClN3O/c1-23-16-8-4-14(5-9-16)20-17(13-2-6-15(22)7-3-13)12-18-19(25-20)10-11-24-21(18)26/h2-12,23H,1H3,(H,24,26). The fraction of sp³-hybridized carbons (Fsp3) is 0.0476. The second kappa shape index (κ2) is 6.65. The van der Waals surface area contributed by atoms with Gasteiger partial charge in [0.2, 0.25) is 0 Å².